The smallest absolute Gasteiger partial charge is 0.243 e. The zero-order valence-electron chi connectivity index (χ0n) is 16.2. The van der Waals surface area contributed by atoms with Gasteiger partial charge in [0.25, 0.3) is 0 Å². The summed E-state index contributed by atoms with van der Waals surface area (Å²) in [5.74, 6) is -0.0560. The molecule has 0 heterocycles. The van der Waals surface area contributed by atoms with Crippen molar-refractivity contribution in [2.24, 2.45) is 0 Å². The number of hydrogen-bond donors (Lipinski definition) is 1. The Morgan fingerprint density at radius 1 is 0.750 bits per heavy atom. The summed E-state index contributed by atoms with van der Waals surface area (Å²) in [6, 6.07) is 0. The maximum absolute atomic E-state index is 10.9. The Hall–Kier alpha value is -1.05. The Bertz CT molecular complexity index is 309. The van der Waals surface area contributed by atoms with E-state index in [-0.39, 0.29) is 5.91 Å². The molecule has 1 N–H and O–H groups in total. The third kappa shape index (κ3) is 19.0. The van der Waals surface area contributed by atoms with Gasteiger partial charge in [0.05, 0.1) is 0 Å². The predicted octanol–water partition coefficient (Wildman–Crippen LogP) is 6.72. The second-order valence-electron chi connectivity index (χ2n) is 6.79. The molecule has 0 saturated carbocycles. The molecule has 0 rings (SSSR count). The first kappa shape index (κ1) is 22.9. The number of amides is 1. The third-order valence-corrected chi connectivity index (χ3v) is 4.42. The number of carbonyl (C=O) groups is 1. The maximum atomic E-state index is 10.9. The summed E-state index contributed by atoms with van der Waals surface area (Å²) in [7, 11) is 0. The van der Waals surface area contributed by atoms with E-state index in [4.69, 9.17) is 0 Å². The zero-order chi connectivity index (χ0) is 17.7. The van der Waals surface area contributed by atoms with Crippen molar-refractivity contribution in [2.45, 2.75) is 103 Å². The van der Waals surface area contributed by atoms with Crippen LogP contribution >= 0.6 is 0 Å². The molecule has 0 radical (unpaired) electrons. The molecule has 24 heavy (non-hydrogen) atoms. The maximum Gasteiger partial charge on any atom is 0.243 e. The van der Waals surface area contributed by atoms with Crippen molar-refractivity contribution in [1.29, 1.82) is 0 Å². The minimum atomic E-state index is -0.0560. The Morgan fingerprint density at radius 2 is 1.21 bits per heavy atom. The van der Waals surface area contributed by atoms with Crippen LogP contribution in [0, 0.1) is 0 Å². The van der Waals surface area contributed by atoms with Gasteiger partial charge in [0.1, 0.15) is 0 Å². The van der Waals surface area contributed by atoms with E-state index in [2.05, 4.69) is 31.0 Å². The fourth-order valence-electron chi connectivity index (χ4n) is 2.83. The Morgan fingerprint density at radius 3 is 1.71 bits per heavy atom. The second-order valence-corrected chi connectivity index (χ2v) is 6.79. The molecule has 1 amide bonds. The molecule has 0 aliphatic heterocycles. The van der Waals surface area contributed by atoms with Crippen LogP contribution in [0.15, 0.2) is 24.8 Å². The number of hydrogen-bond acceptors (Lipinski definition) is 1. The van der Waals surface area contributed by atoms with Crippen molar-refractivity contribution in [3.63, 3.8) is 0 Å². The van der Waals surface area contributed by atoms with Crippen LogP contribution < -0.4 is 5.32 Å². The molecule has 2 heteroatoms. The van der Waals surface area contributed by atoms with E-state index >= 15 is 0 Å². The predicted molar refractivity (Wildman–Crippen MR) is 107 cm³/mol. The zero-order valence-corrected chi connectivity index (χ0v) is 16.2. The van der Waals surface area contributed by atoms with Gasteiger partial charge in [0, 0.05) is 6.54 Å². The summed E-state index contributed by atoms with van der Waals surface area (Å²) in [5.41, 5.74) is 0. The van der Waals surface area contributed by atoms with Crippen molar-refractivity contribution >= 4 is 5.91 Å². The summed E-state index contributed by atoms with van der Waals surface area (Å²) in [6.45, 7) is 6.50. The molecule has 0 saturated heterocycles. The lowest BCUT2D eigenvalue weighted by atomic mass is 10.1. The van der Waals surface area contributed by atoms with Gasteiger partial charge in [-0.1, -0.05) is 89.9 Å². The lowest BCUT2D eigenvalue weighted by Gasteiger charge is -2.02. The van der Waals surface area contributed by atoms with E-state index in [0.29, 0.717) is 0 Å². The van der Waals surface area contributed by atoms with Crippen molar-refractivity contribution in [2.75, 3.05) is 6.54 Å². The van der Waals surface area contributed by atoms with E-state index in [1.54, 1.807) is 0 Å². The number of nitrogens with one attached hydrogen (secondary N) is 1. The molecule has 0 aliphatic rings. The van der Waals surface area contributed by atoms with E-state index < -0.39 is 0 Å². The second kappa shape index (κ2) is 20.0. The fraction of sp³-hybridized carbons (Fsp3) is 0.773. The SMILES string of the molecule is C=CC(=O)NCCCCCCCCC/C=C\CCCCCCCC. The van der Waals surface area contributed by atoms with Crippen LogP contribution in [-0.4, -0.2) is 12.5 Å². The highest BCUT2D eigenvalue weighted by molar-refractivity contribution is 5.86. The first-order valence-electron chi connectivity index (χ1n) is 10.4. The number of allylic oxidation sites excluding steroid dienone is 2. The number of rotatable bonds is 18. The number of unbranched alkanes of at least 4 members (excludes halogenated alkanes) is 13. The van der Waals surface area contributed by atoms with Gasteiger partial charge in [-0.2, -0.15) is 0 Å². The van der Waals surface area contributed by atoms with Crippen LogP contribution in [0.4, 0.5) is 0 Å². The summed E-state index contributed by atoms with van der Waals surface area (Å²) >= 11 is 0. The summed E-state index contributed by atoms with van der Waals surface area (Å²) < 4.78 is 0. The molecule has 0 unspecified atom stereocenters. The highest BCUT2D eigenvalue weighted by Gasteiger charge is 1.94. The average molecular weight is 336 g/mol. The van der Waals surface area contributed by atoms with Gasteiger partial charge in [-0.05, 0) is 38.2 Å². The topological polar surface area (TPSA) is 29.1 Å². The van der Waals surface area contributed by atoms with Crippen LogP contribution in [-0.2, 0) is 4.79 Å². The first-order valence-corrected chi connectivity index (χ1v) is 10.4. The van der Waals surface area contributed by atoms with Crippen LogP contribution in [0.5, 0.6) is 0 Å². The minimum absolute atomic E-state index is 0.0560. The molecular weight excluding hydrogens is 294 g/mol. The van der Waals surface area contributed by atoms with Gasteiger partial charge >= 0.3 is 0 Å². The fourth-order valence-corrected chi connectivity index (χ4v) is 2.83. The van der Waals surface area contributed by atoms with Crippen molar-refractivity contribution < 1.29 is 4.79 Å². The standard InChI is InChI=1S/C22H41NO/c1-3-5-6-7-8-9-10-11-12-13-14-15-16-17-18-19-20-21-23-22(24)4-2/h4,11-12H,2-3,5-10,13-21H2,1H3,(H,23,24)/b12-11-. The number of carbonyl (C=O) groups excluding carboxylic acids is 1. The van der Waals surface area contributed by atoms with E-state index in [9.17, 15) is 4.79 Å². The lowest BCUT2D eigenvalue weighted by molar-refractivity contribution is -0.116. The molecular formula is C22H41NO. The van der Waals surface area contributed by atoms with Crippen molar-refractivity contribution in [1.82, 2.24) is 5.32 Å². The van der Waals surface area contributed by atoms with E-state index in [1.807, 2.05) is 0 Å². The molecule has 0 aromatic heterocycles. The monoisotopic (exact) mass is 335 g/mol. The molecule has 140 valence electrons. The average Bonchev–Trinajstić information content (AvgIpc) is 2.60. The molecule has 0 aromatic carbocycles. The van der Waals surface area contributed by atoms with Gasteiger partial charge in [-0.15, -0.1) is 0 Å². The van der Waals surface area contributed by atoms with Gasteiger partial charge in [0.15, 0.2) is 0 Å². The molecule has 0 bridgehead atoms. The van der Waals surface area contributed by atoms with Gasteiger partial charge in [-0.3, -0.25) is 4.79 Å². The molecule has 0 aromatic rings. The molecule has 0 spiro atoms. The van der Waals surface area contributed by atoms with Crippen LogP contribution in [0.25, 0.3) is 0 Å². The van der Waals surface area contributed by atoms with Gasteiger partial charge in [-0.25, -0.2) is 0 Å². The molecule has 0 fully saturated rings. The van der Waals surface area contributed by atoms with Gasteiger partial charge in [0.2, 0.25) is 5.91 Å². The quantitative estimate of drug-likeness (QED) is 0.168. The third-order valence-electron chi connectivity index (χ3n) is 4.42. The Labute approximate surface area is 151 Å². The minimum Gasteiger partial charge on any atom is -0.353 e. The summed E-state index contributed by atoms with van der Waals surface area (Å²) in [4.78, 5) is 10.9. The van der Waals surface area contributed by atoms with Crippen molar-refractivity contribution in [3.05, 3.63) is 24.8 Å². The van der Waals surface area contributed by atoms with Gasteiger partial charge < -0.3 is 5.32 Å². The highest BCUT2D eigenvalue weighted by atomic mass is 16.1. The largest absolute Gasteiger partial charge is 0.353 e. The normalized spacial score (nSPS) is 11.0. The van der Waals surface area contributed by atoms with Crippen LogP contribution in [0.1, 0.15) is 103 Å². The lowest BCUT2D eigenvalue weighted by Crippen LogP contribution is -2.21. The highest BCUT2D eigenvalue weighted by Crippen LogP contribution is 2.10. The molecule has 2 nitrogen and oxygen atoms in total. The summed E-state index contributed by atoms with van der Waals surface area (Å²) in [5, 5.41) is 2.82. The molecule has 0 aliphatic carbocycles. The van der Waals surface area contributed by atoms with E-state index in [0.717, 1.165) is 13.0 Å². The molecule has 0 atom stereocenters. The van der Waals surface area contributed by atoms with Crippen LogP contribution in [0.3, 0.4) is 0 Å². The van der Waals surface area contributed by atoms with Crippen molar-refractivity contribution in [3.8, 4) is 0 Å². The Balaban J connectivity index is 3.10. The van der Waals surface area contributed by atoms with E-state index in [1.165, 1.54) is 96.0 Å². The van der Waals surface area contributed by atoms with Crippen LogP contribution in [0.2, 0.25) is 0 Å². The first-order chi connectivity index (χ1) is 11.8. The summed E-state index contributed by atoms with van der Waals surface area (Å²) in [6.07, 6.45) is 26.0. The Kier molecular flexibility index (Phi) is 19.1.